The maximum Gasteiger partial charge on any atom is 0.273 e. The molecule has 1 aliphatic heterocycles. The Bertz CT molecular complexity index is 660. The highest BCUT2D eigenvalue weighted by atomic mass is 32.2. The number of ether oxygens (including phenoxy) is 1. The average Bonchev–Trinajstić information content (AvgIpc) is 3.29. The van der Waals surface area contributed by atoms with Crippen molar-refractivity contribution in [1.29, 1.82) is 0 Å². The highest BCUT2D eigenvalue weighted by molar-refractivity contribution is 7.90. The Labute approximate surface area is 135 Å². The van der Waals surface area contributed by atoms with E-state index in [9.17, 15) is 13.2 Å². The molecule has 0 aromatic carbocycles. The topological polar surface area (TPSA) is 102 Å². The second-order valence-corrected chi connectivity index (χ2v) is 8.22. The lowest BCUT2D eigenvalue weighted by Gasteiger charge is -2.31. The van der Waals surface area contributed by atoms with E-state index in [1.807, 2.05) is 0 Å². The summed E-state index contributed by atoms with van der Waals surface area (Å²) in [6.07, 6.45) is 2.77. The first-order valence-electron chi connectivity index (χ1n) is 7.75. The third-order valence-electron chi connectivity index (χ3n) is 4.17. The molecule has 2 aliphatic rings. The maximum atomic E-state index is 12.2. The second-order valence-electron chi connectivity index (χ2n) is 6.00. The smallest absolute Gasteiger partial charge is 0.273 e. The Morgan fingerprint density at radius 2 is 2.09 bits per heavy atom. The summed E-state index contributed by atoms with van der Waals surface area (Å²) in [7, 11) is -1.58. The van der Waals surface area contributed by atoms with Crippen LogP contribution in [0.15, 0.2) is 10.6 Å². The molecule has 23 heavy (non-hydrogen) atoms. The molecule has 1 aliphatic carbocycles. The van der Waals surface area contributed by atoms with Gasteiger partial charge in [0.05, 0.1) is 5.25 Å². The van der Waals surface area contributed by atoms with E-state index in [-0.39, 0.29) is 29.5 Å². The minimum atomic E-state index is -3.12. The van der Waals surface area contributed by atoms with Crippen LogP contribution in [0, 0.1) is 0 Å². The Balaban J connectivity index is 1.51. The van der Waals surface area contributed by atoms with Crippen molar-refractivity contribution in [2.45, 2.75) is 43.6 Å². The van der Waals surface area contributed by atoms with Crippen molar-refractivity contribution < 1.29 is 22.5 Å². The first kappa shape index (κ1) is 16.4. The summed E-state index contributed by atoms with van der Waals surface area (Å²) in [4.78, 5) is 12.1. The molecule has 1 aromatic rings. The highest BCUT2D eigenvalue weighted by Gasteiger charge is 2.41. The summed E-state index contributed by atoms with van der Waals surface area (Å²) < 4.78 is 35.8. The summed E-state index contributed by atoms with van der Waals surface area (Å²) in [5, 5.41) is 6.42. The molecule has 1 saturated heterocycles. The van der Waals surface area contributed by atoms with Crippen molar-refractivity contribution in [3.63, 3.8) is 0 Å². The maximum absolute atomic E-state index is 12.2. The van der Waals surface area contributed by atoms with E-state index < -0.39 is 10.0 Å². The van der Waals surface area contributed by atoms with Gasteiger partial charge in [0.25, 0.3) is 5.91 Å². The van der Waals surface area contributed by atoms with Crippen LogP contribution in [-0.4, -0.2) is 55.3 Å². The number of hydrogen-bond acceptors (Lipinski definition) is 6. The lowest BCUT2D eigenvalue weighted by molar-refractivity contribution is 0.0914. The van der Waals surface area contributed by atoms with E-state index >= 15 is 0 Å². The fraction of sp³-hybridized carbons (Fsp3) is 0.714. The number of methoxy groups -OCH3 is 1. The van der Waals surface area contributed by atoms with Gasteiger partial charge in [-0.2, -0.15) is 0 Å². The number of hydrogen-bond donors (Lipinski definition) is 1. The number of carbonyl (C=O) groups is 1. The van der Waals surface area contributed by atoms with Gasteiger partial charge < -0.3 is 14.6 Å². The van der Waals surface area contributed by atoms with Gasteiger partial charge in [0.2, 0.25) is 10.0 Å². The molecule has 1 aromatic heterocycles. The summed E-state index contributed by atoms with van der Waals surface area (Å²) in [6, 6.07) is 1.50. The van der Waals surface area contributed by atoms with Crippen molar-refractivity contribution in [1.82, 2.24) is 14.8 Å². The van der Waals surface area contributed by atoms with Crippen LogP contribution in [0.2, 0.25) is 0 Å². The number of rotatable bonds is 6. The molecule has 9 heteroatoms. The zero-order chi connectivity index (χ0) is 16.4. The van der Waals surface area contributed by atoms with E-state index in [0.29, 0.717) is 31.7 Å². The van der Waals surface area contributed by atoms with Gasteiger partial charge in [0.15, 0.2) is 11.5 Å². The Kier molecular flexibility index (Phi) is 4.69. The van der Waals surface area contributed by atoms with Crippen molar-refractivity contribution in [3.8, 4) is 0 Å². The predicted octanol–water partition coefficient (Wildman–Crippen LogP) is 0.507. The van der Waals surface area contributed by atoms with Crippen LogP contribution in [0.25, 0.3) is 0 Å². The van der Waals surface area contributed by atoms with Crippen molar-refractivity contribution >= 4 is 15.9 Å². The molecule has 8 nitrogen and oxygen atoms in total. The molecule has 1 saturated carbocycles. The van der Waals surface area contributed by atoms with Crippen LogP contribution in [0.1, 0.15) is 41.9 Å². The standard InChI is InChI=1S/C14H21N3O5S/c1-21-9-11-8-13(16-22-11)14(18)15-10-4-6-17(7-5-10)23(19,20)12-2-3-12/h8,10,12H,2-7,9H2,1H3,(H,15,18). The van der Waals surface area contributed by atoms with Crippen molar-refractivity contribution in [2.24, 2.45) is 0 Å². The summed E-state index contributed by atoms with van der Waals surface area (Å²) in [5.74, 6) is 0.183. The van der Waals surface area contributed by atoms with Crippen molar-refractivity contribution in [2.75, 3.05) is 20.2 Å². The monoisotopic (exact) mass is 343 g/mol. The molecule has 3 rings (SSSR count). The van der Waals surface area contributed by atoms with E-state index in [4.69, 9.17) is 9.26 Å². The Morgan fingerprint density at radius 3 is 2.70 bits per heavy atom. The Hall–Kier alpha value is -1.45. The van der Waals surface area contributed by atoms with Crippen molar-refractivity contribution in [3.05, 3.63) is 17.5 Å². The summed E-state index contributed by atoms with van der Waals surface area (Å²) in [6.45, 7) is 1.17. The minimum absolute atomic E-state index is 0.0456. The molecule has 128 valence electrons. The number of nitrogens with one attached hydrogen (secondary N) is 1. The molecule has 0 spiro atoms. The molecular formula is C14H21N3O5S. The molecule has 0 bridgehead atoms. The number of carbonyl (C=O) groups excluding carboxylic acids is 1. The van der Waals surface area contributed by atoms with Crippen LogP contribution >= 0.6 is 0 Å². The summed E-state index contributed by atoms with van der Waals surface area (Å²) >= 11 is 0. The van der Waals surface area contributed by atoms with Crippen LogP contribution in [-0.2, 0) is 21.4 Å². The molecular weight excluding hydrogens is 322 g/mol. The number of aromatic nitrogens is 1. The zero-order valence-corrected chi connectivity index (χ0v) is 13.8. The molecule has 0 unspecified atom stereocenters. The van der Waals surface area contributed by atoms with Crippen LogP contribution < -0.4 is 5.32 Å². The quantitative estimate of drug-likeness (QED) is 0.807. The number of nitrogens with zero attached hydrogens (tertiary/aromatic N) is 2. The first-order valence-corrected chi connectivity index (χ1v) is 9.25. The lowest BCUT2D eigenvalue weighted by Crippen LogP contribution is -2.47. The van der Waals surface area contributed by atoms with E-state index in [1.165, 1.54) is 7.11 Å². The lowest BCUT2D eigenvalue weighted by atomic mass is 10.1. The highest BCUT2D eigenvalue weighted by Crippen LogP contribution is 2.32. The second kappa shape index (κ2) is 6.58. The normalized spacial score (nSPS) is 20.6. The van der Waals surface area contributed by atoms with Crippen LogP contribution in [0.3, 0.4) is 0 Å². The average molecular weight is 343 g/mol. The SMILES string of the molecule is COCc1cc(C(=O)NC2CCN(S(=O)(=O)C3CC3)CC2)no1. The molecule has 2 fully saturated rings. The third kappa shape index (κ3) is 3.73. The van der Waals surface area contributed by atoms with Gasteiger partial charge in [0, 0.05) is 32.3 Å². The fourth-order valence-electron chi connectivity index (χ4n) is 2.72. The zero-order valence-electron chi connectivity index (χ0n) is 13.0. The summed E-state index contributed by atoms with van der Waals surface area (Å²) in [5.41, 5.74) is 0.213. The van der Waals surface area contributed by atoms with E-state index in [1.54, 1.807) is 10.4 Å². The van der Waals surface area contributed by atoms with Gasteiger partial charge in [-0.3, -0.25) is 4.79 Å². The molecule has 1 N–H and O–H groups in total. The van der Waals surface area contributed by atoms with Gasteiger partial charge in [-0.1, -0.05) is 5.16 Å². The van der Waals surface area contributed by atoms with Gasteiger partial charge in [-0.05, 0) is 25.7 Å². The predicted molar refractivity (Wildman–Crippen MR) is 81.2 cm³/mol. The number of sulfonamides is 1. The van der Waals surface area contributed by atoms with Gasteiger partial charge in [-0.15, -0.1) is 0 Å². The van der Waals surface area contributed by atoms with Crippen LogP contribution in [0.5, 0.6) is 0 Å². The first-order chi connectivity index (χ1) is 11.0. The van der Waals surface area contributed by atoms with Crippen LogP contribution in [0.4, 0.5) is 0 Å². The molecule has 0 radical (unpaired) electrons. The molecule has 0 atom stereocenters. The minimum Gasteiger partial charge on any atom is -0.377 e. The third-order valence-corrected chi connectivity index (χ3v) is 6.57. The Morgan fingerprint density at radius 1 is 1.39 bits per heavy atom. The fourth-order valence-corrected chi connectivity index (χ4v) is 4.59. The van der Waals surface area contributed by atoms with Gasteiger partial charge in [0.1, 0.15) is 6.61 Å². The molecule has 2 heterocycles. The van der Waals surface area contributed by atoms with E-state index in [0.717, 1.165) is 12.8 Å². The van der Waals surface area contributed by atoms with Gasteiger partial charge >= 0.3 is 0 Å². The van der Waals surface area contributed by atoms with Gasteiger partial charge in [-0.25, -0.2) is 12.7 Å². The number of amides is 1. The number of piperidine rings is 1. The van der Waals surface area contributed by atoms with E-state index in [2.05, 4.69) is 10.5 Å². The largest absolute Gasteiger partial charge is 0.377 e. The molecule has 1 amide bonds.